The van der Waals surface area contributed by atoms with E-state index in [0.29, 0.717) is 11.5 Å². The molecule has 1 aliphatic rings. The highest BCUT2D eigenvalue weighted by molar-refractivity contribution is 5.87. The number of rotatable bonds is 3. The summed E-state index contributed by atoms with van der Waals surface area (Å²) in [5, 5.41) is 21.8. The SMILES string of the molecule is Cc1nnc2ccc(N3CCC(c4ccc(C(=O)O)cc4)CC3)nn12. The number of aryl methyl sites for hydroxylation is 1. The largest absolute Gasteiger partial charge is 0.478 e. The van der Waals surface area contributed by atoms with E-state index in [4.69, 9.17) is 5.11 Å². The van der Waals surface area contributed by atoms with Gasteiger partial charge in [-0.25, -0.2) is 4.79 Å². The van der Waals surface area contributed by atoms with Gasteiger partial charge in [-0.2, -0.15) is 4.52 Å². The minimum absolute atomic E-state index is 0.336. The molecule has 0 spiro atoms. The molecular formula is C18H19N5O2. The number of nitrogens with zero attached hydrogens (tertiary/aromatic N) is 5. The third-order valence-corrected chi connectivity index (χ3v) is 4.85. The normalized spacial score (nSPS) is 15.6. The lowest BCUT2D eigenvalue weighted by Crippen LogP contribution is -2.33. The maximum absolute atomic E-state index is 11.0. The zero-order valence-corrected chi connectivity index (χ0v) is 14.0. The van der Waals surface area contributed by atoms with Crippen molar-refractivity contribution in [1.82, 2.24) is 19.8 Å². The lowest BCUT2D eigenvalue weighted by atomic mass is 9.89. The summed E-state index contributed by atoms with van der Waals surface area (Å²) < 4.78 is 1.77. The zero-order valence-electron chi connectivity index (χ0n) is 14.0. The molecule has 1 N–H and O–H groups in total. The molecule has 4 rings (SSSR count). The number of carboxylic acids is 1. The molecule has 0 atom stereocenters. The molecule has 0 bridgehead atoms. The van der Waals surface area contributed by atoms with Crippen LogP contribution < -0.4 is 4.90 Å². The van der Waals surface area contributed by atoms with Crippen LogP contribution in [0.3, 0.4) is 0 Å². The third kappa shape index (κ3) is 2.93. The molecule has 0 amide bonds. The second-order valence-corrected chi connectivity index (χ2v) is 6.40. The number of piperidine rings is 1. The van der Waals surface area contributed by atoms with Crippen LogP contribution in [-0.2, 0) is 0 Å². The van der Waals surface area contributed by atoms with Crippen molar-refractivity contribution in [2.45, 2.75) is 25.7 Å². The average Bonchev–Trinajstić information content (AvgIpc) is 3.02. The Balaban J connectivity index is 1.46. The summed E-state index contributed by atoms with van der Waals surface area (Å²) in [7, 11) is 0. The summed E-state index contributed by atoms with van der Waals surface area (Å²) >= 11 is 0. The lowest BCUT2D eigenvalue weighted by molar-refractivity contribution is 0.0697. The summed E-state index contributed by atoms with van der Waals surface area (Å²) in [4.78, 5) is 13.2. The number of aromatic nitrogens is 4. The van der Waals surface area contributed by atoms with Gasteiger partial charge in [-0.1, -0.05) is 12.1 Å². The van der Waals surface area contributed by atoms with Crippen molar-refractivity contribution < 1.29 is 9.90 Å². The Kier molecular flexibility index (Phi) is 3.83. The minimum Gasteiger partial charge on any atom is -0.478 e. The van der Waals surface area contributed by atoms with Crippen LogP contribution in [0.15, 0.2) is 36.4 Å². The van der Waals surface area contributed by atoms with E-state index in [0.717, 1.165) is 43.2 Å². The average molecular weight is 337 g/mol. The topological polar surface area (TPSA) is 83.6 Å². The molecule has 3 heterocycles. The van der Waals surface area contributed by atoms with Gasteiger partial charge in [0.2, 0.25) is 0 Å². The van der Waals surface area contributed by atoms with Gasteiger partial charge in [0, 0.05) is 13.1 Å². The van der Waals surface area contributed by atoms with E-state index < -0.39 is 5.97 Å². The zero-order chi connectivity index (χ0) is 17.4. The van der Waals surface area contributed by atoms with Gasteiger partial charge in [0.1, 0.15) is 5.82 Å². The molecule has 1 aliphatic heterocycles. The minimum atomic E-state index is -0.882. The Hall–Kier alpha value is -2.96. The van der Waals surface area contributed by atoms with Gasteiger partial charge in [0.05, 0.1) is 5.56 Å². The summed E-state index contributed by atoms with van der Waals surface area (Å²) in [5.41, 5.74) is 2.31. The number of hydrogen-bond acceptors (Lipinski definition) is 5. The predicted octanol–water partition coefficient (Wildman–Crippen LogP) is 2.51. The molecule has 0 saturated carbocycles. The molecule has 128 valence electrons. The summed E-state index contributed by atoms with van der Waals surface area (Å²) in [6, 6.07) is 11.2. The van der Waals surface area contributed by atoms with Crippen molar-refractivity contribution in [1.29, 1.82) is 0 Å². The summed E-state index contributed by atoms with van der Waals surface area (Å²) in [6.45, 7) is 3.74. The first-order valence-electron chi connectivity index (χ1n) is 8.39. The fourth-order valence-corrected chi connectivity index (χ4v) is 3.39. The summed E-state index contributed by atoms with van der Waals surface area (Å²) in [6.07, 6.45) is 2.04. The fourth-order valence-electron chi connectivity index (χ4n) is 3.39. The maximum Gasteiger partial charge on any atom is 0.335 e. The van der Waals surface area contributed by atoms with Gasteiger partial charge in [-0.3, -0.25) is 0 Å². The smallest absolute Gasteiger partial charge is 0.335 e. The van der Waals surface area contributed by atoms with E-state index in [2.05, 4.69) is 20.2 Å². The molecule has 7 nitrogen and oxygen atoms in total. The first-order valence-corrected chi connectivity index (χ1v) is 8.39. The number of benzene rings is 1. The predicted molar refractivity (Wildman–Crippen MR) is 93.1 cm³/mol. The Labute approximate surface area is 144 Å². The molecule has 0 radical (unpaired) electrons. The Morgan fingerprint density at radius 2 is 1.80 bits per heavy atom. The highest BCUT2D eigenvalue weighted by Gasteiger charge is 2.22. The van der Waals surface area contributed by atoms with Crippen molar-refractivity contribution in [2.75, 3.05) is 18.0 Å². The van der Waals surface area contributed by atoms with Crippen molar-refractivity contribution in [2.24, 2.45) is 0 Å². The Morgan fingerprint density at radius 1 is 1.08 bits per heavy atom. The van der Waals surface area contributed by atoms with Crippen molar-refractivity contribution in [3.8, 4) is 0 Å². The number of hydrogen-bond donors (Lipinski definition) is 1. The van der Waals surface area contributed by atoms with Crippen LogP contribution in [0.25, 0.3) is 5.65 Å². The third-order valence-electron chi connectivity index (χ3n) is 4.85. The number of aromatic carboxylic acids is 1. The van der Waals surface area contributed by atoms with Crippen molar-refractivity contribution in [3.05, 3.63) is 53.3 Å². The van der Waals surface area contributed by atoms with Gasteiger partial charge in [-0.05, 0) is 55.5 Å². The van der Waals surface area contributed by atoms with Crippen molar-refractivity contribution in [3.63, 3.8) is 0 Å². The summed E-state index contributed by atoms with van der Waals surface area (Å²) in [5.74, 6) is 1.30. The quantitative estimate of drug-likeness (QED) is 0.790. The van der Waals surface area contributed by atoms with Crippen LogP contribution in [0.1, 0.15) is 40.5 Å². The number of carbonyl (C=O) groups is 1. The van der Waals surface area contributed by atoms with E-state index >= 15 is 0 Å². The van der Waals surface area contributed by atoms with Crippen molar-refractivity contribution >= 4 is 17.4 Å². The molecular weight excluding hydrogens is 318 g/mol. The Morgan fingerprint density at radius 3 is 2.48 bits per heavy atom. The molecule has 25 heavy (non-hydrogen) atoms. The second-order valence-electron chi connectivity index (χ2n) is 6.40. The highest BCUT2D eigenvalue weighted by atomic mass is 16.4. The maximum atomic E-state index is 11.0. The monoisotopic (exact) mass is 337 g/mol. The standard InChI is InChI=1S/C18H19N5O2/c1-12-19-20-16-6-7-17(21-23(12)16)22-10-8-14(9-11-22)13-2-4-15(5-3-13)18(24)25/h2-7,14H,8-11H2,1H3,(H,24,25). The second kappa shape index (κ2) is 6.16. The van der Waals surface area contributed by atoms with Crippen LogP contribution in [0.4, 0.5) is 5.82 Å². The molecule has 2 aromatic heterocycles. The van der Waals surface area contributed by atoms with Crippen LogP contribution in [0.2, 0.25) is 0 Å². The van der Waals surface area contributed by atoms with E-state index in [1.807, 2.05) is 31.2 Å². The van der Waals surface area contributed by atoms with E-state index in [1.165, 1.54) is 5.56 Å². The van der Waals surface area contributed by atoms with E-state index in [-0.39, 0.29) is 0 Å². The van der Waals surface area contributed by atoms with Crippen LogP contribution in [-0.4, -0.2) is 44.0 Å². The molecule has 1 fully saturated rings. The van der Waals surface area contributed by atoms with Crippen LogP contribution in [0, 0.1) is 6.92 Å². The fraction of sp³-hybridized carbons (Fsp3) is 0.333. The molecule has 0 unspecified atom stereocenters. The number of fused-ring (bicyclic) bond motifs is 1. The van der Waals surface area contributed by atoms with E-state index in [9.17, 15) is 4.79 Å². The first-order chi connectivity index (χ1) is 12.1. The van der Waals surface area contributed by atoms with Crippen LogP contribution >= 0.6 is 0 Å². The number of carboxylic acid groups (broad SMARTS) is 1. The molecule has 0 aliphatic carbocycles. The van der Waals surface area contributed by atoms with Gasteiger partial charge in [-0.15, -0.1) is 15.3 Å². The first kappa shape index (κ1) is 15.6. The van der Waals surface area contributed by atoms with E-state index in [1.54, 1.807) is 16.6 Å². The molecule has 7 heteroatoms. The van der Waals surface area contributed by atoms with Crippen LogP contribution in [0.5, 0.6) is 0 Å². The Bertz CT molecular complexity index is 911. The molecule has 1 aromatic carbocycles. The highest BCUT2D eigenvalue weighted by Crippen LogP contribution is 2.30. The van der Waals surface area contributed by atoms with Gasteiger partial charge >= 0.3 is 5.97 Å². The number of anilines is 1. The van der Waals surface area contributed by atoms with Gasteiger partial charge in [0.15, 0.2) is 11.5 Å². The van der Waals surface area contributed by atoms with Gasteiger partial charge in [0.25, 0.3) is 0 Å². The van der Waals surface area contributed by atoms with Gasteiger partial charge < -0.3 is 10.0 Å². The molecule has 1 saturated heterocycles. The molecule has 3 aromatic rings. The lowest BCUT2D eigenvalue weighted by Gasteiger charge is -2.33.